The molecule has 6 nitrogen and oxygen atoms in total. The van der Waals surface area contributed by atoms with E-state index in [4.69, 9.17) is 15.2 Å². The second-order valence-electron chi connectivity index (χ2n) is 5.96. The van der Waals surface area contributed by atoms with Crippen molar-refractivity contribution in [2.24, 2.45) is 5.73 Å². The maximum absolute atomic E-state index is 12.1. The lowest BCUT2D eigenvalue weighted by molar-refractivity contribution is -0.119. The highest BCUT2D eigenvalue weighted by Crippen LogP contribution is 2.13. The fraction of sp³-hybridized carbons (Fsp3) is 0.579. The number of hydrogen-bond donors (Lipinski definition) is 1. The molecular formula is C19H30N2O4. The summed E-state index contributed by atoms with van der Waals surface area (Å²) in [5, 5.41) is 0. The SMILES string of the molecule is CCCCN(CCCC)CCOC(=O)c1ccc(OCC(N)=O)cc1. The molecule has 0 aliphatic heterocycles. The summed E-state index contributed by atoms with van der Waals surface area (Å²) >= 11 is 0. The molecule has 140 valence electrons. The first kappa shape index (κ1) is 21.0. The van der Waals surface area contributed by atoms with Gasteiger partial charge in [-0.25, -0.2) is 4.79 Å². The number of amides is 1. The van der Waals surface area contributed by atoms with Crippen molar-refractivity contribution in [1.82, 2.24) is 4.90 Å². The summed E-state index contributed by atoms with van der Waals surface area (Å²) in [7, 11) is 0. The molecule has 0 fully saturated rings. The standard InChI is InChI=1S/C19H30N2O4/c1-3-5-11-21(12-6-4-2)13-14-24-19(23)16-7-9-17(10-8-16)25-15-18(20)22/h7-10H,3-6,11-15H2,1-2H3,(H2,20,22). The minimum absolute atomic E-state index is 0.185. The van der Waals surface area contributed by atoms with Crippen LogP contribution < -0.4 is 10.5 Å². The van der Waals surface area contributed by atoms with Crippen molar-refractivity contribution in [2.75, 3.05) is 32.8 Å². The van der Waals surface area contributed by atoms with Gasteiger partial charge in [0.2, 0.25) is 0 Å². The van der Waals surface area contributed by atoms with Crippen molar-refractivity contribution in [1.29, 1.82) is 0 Å². The number of hydrogen-bond acceptors (Lipinski definition) is 5. The Bertz CT molecular complexity index is 509. The fourth-order valence-corrected chi connectivity index (χ4v) is 2.29. The summed E-state index contributed by atoms with van der Waals surface area (Å²) in [6, 6.07) is 6.47. The number of esters is 1. The number of nitrogens with zero attached hydrogens (tertiary/aromatic N) is 1. The molecule has 0 saturated heterocycles. The molecule has 2 N–H and O–H groups in total. The third kappa shape index (κ3) is 9.10. The van der Waals surface area contributed by atoms with Crippen molar-refractivity contribution < 1.29 is 19.1 Å². The molecule has 0 heterocycles. The topological polar surface area (TPSA) is 81.9 Å². The summed E-state index contributed by atoms with van der Waals surface area (Å²) in [4.78, 5) is 25.1. The number of nitrogens with two attached hydrogens (primary N) is 1. The zero-order chi connectivity index (χ0) is 18.5. The summed E-state index contributed by atoms with van der Waals surface area (Å²) in [5.41, 5.74) is 5.47. The number of carbonyl (C=O) groups excluding carboxylic acids is 2. The van der Waals surface area contributed by atoms with E-state index in [0.29, 0.717) is 17.9 Å². The second-order valence-corrected chi connectivity index (χ2v) is 5.96. The summed E-state index contributed by atoms with van der Waals surface area (Å²) in [5.74, 6) is -0.410. The Morgan fingerprint density at radius 3 is 2.12 bits per heavy atom. The molecular weight excluding hydrogens is 320 g/mol. The number of primary amides is 1. The van der Waals surface area contributed by atoms with E-state index in [1.807, 2.05) is 0 Å². The lowest BCUT2D eigenvalue weighted by Gasteiger charge is -2.21. The van der Waals surface area contributed by atoms with Crippen LogP contribution in [0, 0.1) is 0 Å². The third-order valence-corrected chi connectivity index (χ3v) is 3.77. The van der Waals surface area contributed by atoms with Gasteiger partial charge in [-0.3, -0.25) is 9.69 Å². The first-order chi connectivity index (χ1) is 12.1. The predicted molar refractivity (Wildman–Crippen MR) is 97.7 cm³/mol. The molecule has 1 amide bonds. The van der Waals surface area contributed by atoms with E-state index in [0.717, 1.165) is 45.3 Å². The van der Waals surface area contributed by atoms with Gasteiger partial charge in [-0.05, 0) is 50.2 Å². The maximum Gasteiger partial charge on any atom is 0.338 e. The van der Waals surface area contributed by atoms with Crippen LogP contribution in [0.4, 0.5) is 0 Å². The molecule has 1 rings (SSSR count). The summed E-state index contributed by atoms with van der Waals surface area (Å²) in [6.45, 7) is 7.39. The summed E-state index contributed by atoms with van der Waals surface area (Å²) in [6.07, 6.45) is 4.63. The number of rotatable bonds is 13. The van der Waals surface area contributed by atoms with Crippen LogP contribution in [0.15, 0.2) is 24.3 Å². The van der Waals surface area contributed by atoms with Gasteiger partial charge in [-0.2, -0.15) is 0 Å². The van der Waals surface area contributed by atoms with E-state index in [1.165, 1.54) is 0 Å². The lowest BCUT2D eigenvalue weighted by atomic mass is 10.2. The van der Waals surface area contributed by atoms with E-state index < -0.39 is 5.91 Å². The number of carbonyl (C=O) groups is 2. The van der Waals surface area contributed by atoms with Gasteiger partial charge in [-0.1, -0.05) is 26.7 Å². The second kappa shape index (κ2) is 12.3. The molecule has 0 saturated carbocycles. The highest BCUT2D eigenvalue weighted by atomic mass is 16.5. The van der Waals surface area contributed by atoms with E-state index in [2.05, 4.69) is 18.7 Å². The summed E-state index contributed by atoms with van der Waals surface area (Å²) < 4.78 is 10.5. The average molecular weight is 350 g/mol. The lowest BCUT2D eigenvalue weighted by Crippen LogP contribution is -2.30. The van der Waals surface area contributed by atoms with Crippen LogP contribution in [-0.2, 0) is 9.53 Å². The van der Waals surface area contributed by atoms with Gasteiger partial charge in [0.15, 0.2) is 6.61 Å². The number of ether oxygens (including phenoxy) is 2. The molecule has 0 atom stereocenters. The highest BCUT2D eigenvalue weighted by Gasteiger charge is 2.09. The van der Waals surface area contributed by atoms with Crippen LogP contribution in [0.25, 0.3) is 0 Å². The first-order valence-electron chi connectivity index (χ1n) is 8.97. The van der Waals surface area contributed by atoms with E-state index in [9.17, 15) is 9.59 Å². The van der Waals surface area contributed by atoms with Crippen LogP contribution in [0.2, 0.25) is 0 Å². The van der Waals surface area contributed by atoms with Gasteiger partial charge < -0.3 is 15.2 Å². The Morgan fingerprint density at radius 2 is 1.60 bits per heavy atom. The van der Waals surface area contributed by atoms with Crippen LogP contribution in [0.3, 0.4) is 0 Å². The zero-order valence-electron chi connectivity index (χ0n) is 15.3. The van der Waals surface area contributed by atoms with Crippen molar-refractivity contribution in [3.63, 3.8) is 0 Å². The Hall–Kier alpha value is -2.08. The molecule has 1 aromatic carbocycles. The van der Waals surface area contributed by atoms with E-state index in [-0.39, 0.29) is 12.6 Å². The van der Waals surface area contributed by atoms with Crippen molar-refractivity contribution in [3.05, 3.63) is 29.8 Å². The Balaban J connectivity index is 2.40. The normalized spacial score (nSPS) is 10.7. The van der Waals surface area contributed by atoms with Crippen LogP contribution in [-0.4, -0.2) is 49.6 Å². The first-order valence-corrected chi connectivity index (χ1v) is 8.97. The Labute approximate surface area is 150 Å². The van der Waals surface area contributed by atoms with E-state index in [1.54, 1.807) is 24.3 Å². The smallest absolute Gasteiger partial charge is 0.338 e. The van der Waals surface area contributed by atoms with Gasteiger partial charge >= 0.3 is 5.97 Å². The Morgan fingerprint density at radius 1 is 1.00 bits per heavy atom. The van der Waals surface area contributed by atoms with Crippen LogP contribution in [0.1, 0.15) is 49.9 Å². The van der Waals surface area contributed by atoms with Crippen LogP contribution >= 0.6 is 0 Å². The quantitative estimate of drug-likeness (QED) is 0.553. The molecule has 0 aliphatic rings. The highest BCUT2D eigenvalue weighted by molar-refractivity contribution is 5.89. The van der Waals surface area contributed by atoms with Crippen molar-refractivity contribution >= 4 is 11.9 Å². The minimum atomic E-state index is -0.542. The molecule has 0 bridgehead atoms. The number of unbranched alkanes of at least 4 members (excludes halogenated alkanes) is 2. The van der Waals surface area contributed by atoms with Crippen molar-refractivity contribution in [3.8, 4) is 5.75 Å². The van der Waals surface area contributed by atoms with Gasteiger partial charge in [0.1, 0.15) is 12.4 Å². The zero-order valence-corrected chi connectivity index (χ0v) is 15.3. The largest absolute Gasteiger partial charge is 0.484 e. The molecule has 0 unspecified atom stereocenters. The van der Waals surface area contributed by atoms with Gasteiger partial charge in [0, 0.05) is 6.54 Å². The third-order valence-electron chi connectivity index (χ3n) is 3.77. The number of benzene rings is 1. The van der Waals surface area contributed by atoms with Crippen molar-refractivity contribution in [2.45, 2.75) is 39.5 Å². The molecule has 1 aromatic rings. The Kier molecular flexibility index (Phi) is 10.3. The molecule has 0 radical (unpaired) electrons. The van der Waals surface area contributed by atoms with Gasteiger partial charge in [-0.15, -0.1) is 0 Å². The monoisotopic (exact) mass is 350 g/mol. The molecule has 0 aromatic heterocycles. The minimum Gasteiger partial charge on any atom is -0.484 e. The van der Waals surface area contributed by atoms with Gasteiger partial charge in [0.05, 0.1) is 5.56 Å². The van der Waals surface area contributed by atoms with Crippen LogP contribution in [0.5, 0.6) is 5.75 Å². The molecule has 0 aliphatic carbocycles. The molecule has 0 spiro atoms. The molecule has 25 heavy (non-hydrogen) atoms. The maximum atomic E-state index is 12.1. The van der Waals surface area contributed by atoms with E-state index >= 15 is 0 Å². The average Bonchev–Trinajstić information content (AvgIpc) is 2.62. The van der Waals surface area contributed by atoms with Gasteiger partial charge in [0.25, 0.3) is 5.91 Å². The predicted octanol–water partition coefficient (Wildman–Crippen LogP) is 2.61. The fourth-order valence-electron chi connectivity index (χ4n) is 2.29. The molecule has 6 heteroatoms.